The maximum Gasteiger partial charge on any atom is 0.164 e. The fraction of sp³-hybridized carbons (Fsp3) is 0.0417. The molecule has 0 saturated carbocycles. The lowest BCUT2D eigenvalue weighted by molar-refractivity contribution is 0.688. The predicted octanol–water partition coefficient (Wildman–Crippen LogP) is 11.3. The molecule has 7 aromatic rings. The van der Waals surface area contributed by atoms with Gasteiger partial charge in [-0.3, -0.25) is 4.98 Å². The van der Waals surface area contributed by atoms with Gasteiger partial charge in [0.15, 0.2) is 17.5 Å². The van der Waals surface area contributed by atoms with Gasteiger partial charge in [0.1, 0.15) is 0 Å². The Morgan fingerprint density at radius 2 is 1.30 bits per heavy atom. The first-order valence-electron chi connectivity index (χ1n) is 17.8. The minimum Gasteiger partial charge on any atom is -0.309 e. The smallest absolute Gasteiger partial charge is 0.164 e. The lowest BCUT2D eigenvalue weighted by Gasteiger charge is -2.31. The van der Waals surface area contributed by atoms with E-state index in [1.165, 1.54) is 32.9 Å². The summed E-state index contributed by atoms with van der Waals surface area (Å²) in [6, 6.07) is 38.4. The fourth-order valence-corrected chi connectivity index (χ4v) is 7.63. The number of hydrogen-bond acceptors (Lipinski definition) is 4. The van der Waals surface area contributed by atoms with Crippen LogP contribution in [0.3, 0.4) is 0 Å². The van der Waals surface area contributed by atoms with Gasteiger partial charge in [-0.1, -0.05) is 129 Å². The Balaban J connectivity index is 1.18. The number of allylic oxidation sites excluding steroid dienone is 12. The Morgan fingerprint density at radius 3 is 2.11 bits per heavy atom. The number of para-hydroxylation sites is 2. The number of hydrogen-bond donors (Lipinski definition) is 0. The second-order valence-corrected chi connectivity index (χ2v) is 13.2. The first-order valence-corrected chi connectivity index (χ1v) is 17.8. The van der Waals surface area contributed by atoms with Crippen LogP contribution < -0.4 is 0 Å². The molecule has 0 aliphatic heterocycles. The highest BCUT2D eigenvalue weighted by Crippen LogP contribution is 2.45. The van der Waals surface area contributed by atoms with Crippen molar-refractivity contribution in [1.29, 1.82) is 0 Å². The number of pyridine rings is 1. The molecule has 0 saturated heterocycles. The van der Waals surface area contributed by atoms with Crippen LogP contribution in [0.15, 0.2) is 189 Å². The average Bonchev–Trinajstić information content (AvgIpc) is 3.56. The number of nitrogens with zero attached hydrogens (tertiary/aromatic N) is 5. The van der Waals surface area contributed by atoms with E-state index in [4.69, 9.17) is 15.0 Å². The fourth-order valence-electron chi connectivity index (χ4n) is 7.63. The third-order valence-corrected chi connectivity index (χ3v) is 10.1. The third kappa shape index (κ3) is 5.78. The van der Waals surface area contributed by atoms with Crippen LogP contribution in [0.5, 0.6) is 0 Å². The van der Waals surface area contributed by atoms with Crippen molar-refractivity contribution in [2.45, 2.75) is 0 Å². The molecule has 5 nitrogen and oxygen atoms in total. The zero-order chi connectivity index (χ0) is 35.7. The molecule has 2 aliphatic carbocycles. The second-order valence-electron chi connectivity index (χ2n) is 13.2. The maximum atomic E-state index is 5.15. The monoisotopic (exact) mass is 681 g/mol. The molecule has 3 aromatic heterocycles. The van der Waals surface area contributed by atoms with Gasteiger partial charge in [0.2, 0.25) is 0 Å². The van der Waals surface area contributed by atoms with Crippen molar-refractivity contribution in [2.24, 2.45) is 11.8 Å². The van der Waals surface area contributed by atoms with Gasteiger partial charge >= 0.3 is 0 Å². The lowest BCUT2D eigenvalue weighted by atomic mass is 9.73. The highest BCUT2D eigenvalue weighted by Gasteiger charge is 2.32. The van der Waals surface area contributed by atoms with Crippen molar-refractivity contribution in [1.82, 2.24) is 24.5 Å². The van der Waals surface area contributed by atoms with Gasteiger partial charge in [0, 0.05) is 57.4 Å². The van der Waals surface area contributed by atoms with Crippen molar-refractivity contribution in [2.75, 3.05) is 0 Å². The molecule has 2 atom stereocenters. The van der Waals surface area contributed by atoms with Crippen LogP contribution in [-0.2, 0) is 0 Å². The summed E-state index contributed by atoms with van der Waals surface area (Å²) in [5, 5.41) is 2.47. The van der Waals surface area contributed by atoms with Crippen molar-refractivity contribution < 1.29 is 0 Å². The molecule has 0 amide bonds. The summed E-state index contributed by atoms with van der Waals surface area (Å²) in [4.78, 5) is 19.4. The summed E-state index contributed by atoms with van der Waals surface area (Å²) in [6.45, 7) is 7.97. The van der Waals surface area contributed by atoms with Crippen LogP contribution in [0.2, 0.25) is 0 Å². The van der Waals surface area contributed by atoms with Gasteiger partial charge < -0.3 is 4.57 Å². The van der Waals surface area contributed by atoms with E-state index in [1.807, 2.05) is 30.3 Å². The number of rotatable bonds is 8. The number of aromatic nitrogens is 5. The standard InChI is InChI=1S/C48H35N5/c1-3-13-32(4-2)46-50-47(36-15-12-14-34(30-36)33-26-28-49-29-27-33)52-48(51-46)42-24-23-38(39-18-8-9-19-40(39)42)35-22-25-45-43(31-35)41-20-10-11-21-44(41)53(45)37-16-6-5-7-17-37/h3-31,39-40H,1-2H2/b32-13+. The van der Waals surface area contributed by atoms with Crippen molar-refractivity contribution >= 4 is 38.5 Å². The Morgan fingerprint density at radius 1 is 0.585 bits per heavy atom. The SMILES string of the molecule is C=C/C=C(\C=C)c1nc(C2=CC=C(c3ccc4c(c3)c3ccccc3n4-c3ccccc3)C3C=CC=CC23)nc(-c2cccc(-c3ccncc3)c2)n1. The van der Waals surface area contributed by atoms with Gasteiger partial charge in [0.25, 0.3) is 0 Å². The number of fused-ring (bicyclic) bond motifs is 4. The predicted molar refractivity (Wildman–Crippen MR) is 219 cm³/mol. The third-order valence-electron chi connectivity index (χ3n) is 10.1. The van der Waals surface area contributed by atoms with Crippen LogP contribution in [-0.4, -0.2) is 24.5 Å². The van der Waals surface area contributed by atoms with Crippen molar-refractivity contribution in [3.8, 4) is 28.2 Å². The Hall–Kier alpha value is -6.98. The minimum absolute atomic E-state index is 0.0307. The van der Waals surface area contributed by atoms with E-state index >= 15 is 0 Å². The van der Waals surface area contributed by atoms with E-state index < -0.39 is 0 Å². The quantitative estimate of drug-likeness (QED) is 0.150. The van der Waals surface area contributed by atoms with Crippen LogP contribution in [0.1, 0.15) is 17.2 Å². The van der Waals surface area contributed by atoms with Gasteiger partial charge in [-0.15, -0.1) is 0 Å². The van der Waals surface area contributed by atoms with Gasteiger partial charge in [-0.25, -0.2) is 15.0 Å². The van der Waals surface area contributed by atoms with Crippen molar-refractivity contribution in [3.63, 3.8) is 0 Å². The Labute approximate surface area is 308 Å². The zero-order valence-electron chi connectivity index (χ0n) is 29.0. The topological polar surface area (TPSA) is 56.5 Å². The van der Waals surface area contributed by atoms with Gasteiger partial charge in [-0.2, -0.15) is 0 Å². The molecule has 0 N–H and O–H groups in total. The molecule has 0 fully saturated rings. The molecule has 0 radical (unpaired) electrons. The molecule has 252 valence electrons. The van der Waals surface area contributed by atoms with Gasteiger partial charge in [0.05, 0.1) is 11.0 Å². The van der Waals surface area contributed by atoms with E-state index in [9.17, 15) is 0 Å². The zero-order valence-corrected chi connectivity index (χ0v) is 29.0. The minimum atomic E-state index is 0.0307. The van der Waals surface area contributed by atoms with Crippen LogP contribution >= 0.6 is 0 Å². The van der Waals surface area contributed by atoms with E-state index in [2.05, 4.69) is 144 Å². The largest absolute Gasteiger partial charge is 0.309 e. The first-order chi connectivity index (χ1) is 26.2. The molecule has 0 spiro atoms. The molecule has 5 heteroatoms. The molecular formula is C48H35N5. The van der Waals surface area contributed by atoms with E-state index in [0.29, 0.717) is 17.5 Å². The summed E-state index contributed by atoms with van der Waals surface area (Å²) >= 11 is 0. The Kier molecular flexibility index (Phi) is 8.22. The molecule has 4 aromatic carbocycles. The van der Waals surface area contributed by atoms with Crippen molar-refractivity contribution in [3.05, 3.63) is 207 Å². The summed E-state index contributed by atoms with van der Waals surface area (Å²) in [5.74, 6) is 1.92. The molecule has 2 unspecified atom stereocenters. The first kappa shape index (κ1) is 32.0. The molecule has 53 heavy (non-hydrogen) atoms. The van der Waals surface area contributed by atoms with E-state index in [-0.39, 0.29) is 11.8 Å². The molecular weight excluding hydrogens is 647 g/mol. The maximum absolute atomic E-state index is 5.15. The molecule has 0 bridgehead atoms. The number of benzene rings is 4. The second kappa shape index (κ2) is 13.6. The van der Waals surface area contributed by atoms with Gasteiger partial charge in [-0.05, 0) is 70.8 Å². The summed E-state index contributed by atoms with van der Waals surface area (Å²) in [6.07, 6.45) is 22.3. The highest BCUT2D eigenvalue weighted by molar-refractivity contribution is 6.10. The summed E-state index contributed by atoms with van der Waals surface area (Å²) in [5.41, 5.74) is 10.9. The van der Waals surface area contributed by atoms with Crippen LogP contribution in [0.25, 0.3) is 66.7 Å². The normalized spacial score (nSPS) is 16.6. The average molecular weight is 682 g/mol. The van der Waals surface area contributed by atoms with Crippen LogP contribution in [0, 0.1) is 11.8 Å². The summed E-state index contributed by atoms with van der Waals surface area (Å²) in [7, 11) is 0. The van der Waals surface area contributed by atoms with E-state index in [1.54, 1.807) is 24.5 Å². The molecule has 2 aliphatic rings. The van der Waals surface area contributed by atoms with Crippen LogP contribution in [0.4, 0.5) is 0 Å². The Bertz CT molecular complexity index is 2710. The summed E-state index contributed by atoms with van der Waals surface area (Å²) < 4.78 is 2.36. The van der Waals surface area contributed by atoms with E-state index in [0.717, 1.165) is 33.5 Å². The molecule has 3 heterocycles. The lowest BCUT2D eigenvalue weighted by Crippen LogP contribution is -2.21. The molecule has 9 rings (SSSR count). The highest BCUT2D eigenvalue weighted by atomic mass is 15.0.